The van der Waals surface area contributed by atoms with Crippen molar-refractivity contribution in [2.45, 2.75) is 90.1 Å². The highest BCUT2D eigenvalue weighted by molar-refractivity contribution is 6.35. The highest BCUT2D eigenvalue weighted by atomic mass is 28.2. The van der Waals surface area contributed by atoms with Gasteiger partial charge in [0.2, 0.25) is 5.88 Å². The molecule has 37 heavy (non-hydrogen) atoms. The van der Waals surface area contributed by atoms with Crippen LogP contribution in [0.2, 0.25) is 12.1 Å². The van der Waals surface area contributed by atoms with Crippen molar-refractivity contribution in [1.29, 1.82) is 0 Å². The highest BCUT2D eigenvalue weighted by Gasteiger charge is 2.05. The Morgan fingerprint density at radius 3 is 2.00 bits per heavy atom. The van der Waals surface area contributed by atoms with Crippen molar-refractivity contribution in [3.63, 3.8) is 0 Å². The molecule has 0 aliphatic carbocycles. The summed E-state index contributed by atoms with van der Waals surface area (Å²) >= 11 is 0. The minimum atomic E-state index is 0.169. The van der Waals surface area contributed by atoms with E-state index in [0.29, 0.717) is 12.5 Å². The third-order valence-corrected chi connectivity index (χ3v) is 8.61. The number of hydrogen-bond donors (Lipinski definition) is 0. The maximum atomic E-state index is 5.93. The van der Waals surface area contributed by atoms with Crippen LogP contribution in [0.4, 0.5) is 0 Å². The zero-order chi connectivity index (χ0) is 26.0. The molecule has 0 spiro atoms. The summed E-state index contributed by atoms with van der Waals surface area (Å²) in [4.78, 5) is 4.65. The largest absolute Gasteiger partial charge is 0.494 e. The van der Waals surface area contributed by atoms with Crippen LogP contribution in [0.3, 0.4) is 0 Å². The molecule has 0 radical (unpaired) electrons. The van der Waals surface area contributed by atoms with Crippen molar-refractivity contribution in [2.75, 3.05) is 13.2 Å². The first-order valence-electron chi connectivity index (χ1n) is 14.5. The average molecular weight is 520 g/mol. The SMILES string of the molecule is CCCCCCCCOc1ccc(-c2ccc(-c3ccc(OCCCC[SiH2]CCCC)cc3)nc2)nn1. The summed E-state index contributed by atoms with van der Waals surface area (Å²) in [6, 6.07) is 19.1. The van der Waals surface area contributed by atoms with E-state index in [1.165, 1.54) is 63.5 Å². The second-order valence-corrected chi connectivity index (χ2v) is 11.9. The highest BCUT2D eigenvalue weighted by Crippen LogP contribution is 2.24. The van der Waals surface area contributed by atoms with E-state index in [9.17, 15) is 0 Å². The lowest BCUT2D eigenvalue weighted by Gasteiger charge is -2.08. The van der Waals surface area contributed by atoms with E-state index < -0.39 is 0 Å². The molecule has 0 aliphatic heterocycles. The molecule has 3 rings (SSSR count). The second-order valence-electron chi connectivity index (χ2n) is 9.80. The van der Waals surface area contributed by atoms with Crippen LogP contribution in [-0.2, 0) is 0 Å². The van der Waals surface area contributed by atoms with E-state index in [1.807, 2.05) is 42.6 Å². The molecule has 0 fully saturated rings. The number of benzene rings is 1. The molecule has 0 saturated heterocycles. The zero-order valence-corrected chi connectivity index (χ0v) is 24.4. The van der Waals surface area contributed by atoms with E-state index >= 15 is 0 Å². The molecule has 0 aliphatic rings. The van der Waals surface area contributed by atoms with Gasteiger partial charge >= 0.3 is 0 Å². The second kappa shape index (κ2) is 17.7. The molecule has 0 unspecified atom stereocenters. The lowest BCUT2D eigenvalue weighted by Crippen LogP contribution is -2.00. The third kappa shape index (κ3) is 11.0. The number of aromatic nitrogens is 3. The summed E-state index contributed by atoms with van der Waals surface area (Å²) in [6.45, 7) is 6.02. The summed E-state index contributed by atoms with van der Waals surface area (Å²) in [6.07, 6.45) is 14.5. The fraction of sp³-hybridized carbons (Fsp3) is 0.516. The maximum absolute atomic E-state index is 5.93. The van der Waals surface area contributed by atoms with Crippen molar-refractivity contribution in [3.8, 4) is 34.1 Å². The monoisotopic (exact) mass is 519 g/mol. The molecule has 0 bridgehead atoms. The Hall–Kier alpha value is -2.73. The van der Waals surface area contributed by atoms with Gasteiger partial charge in [-0.25, -0.2) is 0 Å². The number of nitrogens with zero attached hydrogens (tertiary/aromatic N) is 3. The first-order valence-corrected chi connectivity index (χ1v) is 16.5. The van der Waals surface area contributed by atoms with Gasteiger partial charge in [-0.1, -0.05) is 77.3 Å². The van der Waals surface area contributed by atoms with E-state index in [4.69, 9.17) is 9.47 Å². The van der Waals surface area contributed by atoms with Gasteiger partial charge in [0, 0.05) is 32.9 Å². The van der Waals surface area contributed by atoms with Gasteiger partial charge in [-0.3, -0.25) is 4.98 Å². The number of pyridine rings is 1. The van der Waals surface area contributed by atoms with Crippen LogP contribution in [0.15, 0.2) is 54.7 Å². The first kappa shape index (κ1) is 28.8. The van der Waals surface area contributed by atoms with Gasteiger partial charge in [-0.15, -0.1) is 10.2 Å². The normalized spacial score (nSPS) is 11.3. The Balaban J connectivity index is 1.39. The zero-order valence-electron chi connectivity index (χ0n) is 23.0. The van der Waals surface area contributed by atoms with Crippen molar-refractivity contribution in [3.05, 3.63) is 54.7 Å². The van der Waals surface area contributed by atoms with Crippen LogP contribution in [-0.4, -0.2) is 37.9 Å². The van der Waals surface area contributed by atoms with Crippen LogP contribution in [0, 0.1) is 0 Å². The molecule has 1 aromatic carbocycles. The predicted octanol–water partition coefficient (Wildman–Crippen LogP) is 7.91. The topological polar surface area (TPSA) is 57.1 Å². The average Bonchev–Trinajstić information content (AvgIpc) is 2.95. The van der Waals surface area contributed by atoms with Gasteiger partial charge in [0.1, 0.15) is 5.75 Å². The quantitative estimate of drug-likeness (QED) is 0.119. The molecule has 0 N–H and O–H groups in total. The minimum Gasteiger partial charge on any atom is -0.494 e. The standard InChI is InChI=1S/C31H45N3O2Si/c1-3-5-7-8-9-10-22-36-31-20-19-30(33-34-31)27-15-18-29(32-25-27)26-13-16-28(17-14-26)35-21-11-12-24-37-23-6-4-2/h13-20,25H,3-12,21-24,37H2,1-2H3. The van der Waals surface area contributed by atoms with Gasteiger partial charge in [0.05, 0.1) is 24.6 Å². The minimum absolute atomic E-state index is 0.169. The Kier molecular flexibility index (Phi) is 13.8. The smallest absolute Gasteiger partial charge is 0.233 e. The van der Waals surface area contributed by atoms with Gasteiger partial charge in [-0.2, -0.15) is 0 Å². The molecule has 200 valence electrons. The molecule has 0 atom stereocenters. The van der Waals surface area contributed by atoms with Crippen molar-refractivity contribution < 1.29 is 9.47 Å². The lowest BCUT2D eigenvalue weighted by atomic mass is 10.1. The summed E-state index contributed by atoms with van der Waals surface area (Å²) < 4.78 is 11.7. The number of ether oxygens (including phenoxy) is 2. The number of unbranched alkanes of at least 4 members (excludes halogenated alkanes) is 7. The summed E-state index contributed by atoms with van der Waals surface area (Å²) in [7, 11) is 0.169. The Labute approximate surface area is 226 Å². The molecule has 2 heterocycles. The summed E-state index contributed by atoms with van der Waals surface area (Å²) in [5.41, 5.74) is 3.74. The Morgan fingerprint density at radius 2 is 1.27 bits per heavy atom. The van der Waals surface area contributed by atoms with E-state index in [-0.39, 0.29) is 9.52 Å². The van der Waals surface area contributed by atoms with Gasteiger partial charge in [0.15, 0.2) is 0 Å². The third-order valence-electron chi connectivity index (χ3n) is 6.61. The van der Waals surface area contributed by atoms with Crippen molar-refractivity contribution in [2.24, 2.45) is 0 Å². The van der Waals surface area contributed by atoms with E-state index in [2.05, 4.69) is 41.2 Å². The lowest BCUT2D eigenvalue weighted by molar-refractivity contribution is 0.290. The fourth-order valence-corrected chi connectivity index (χ4v) is 6.21. The number of hydrogen-bond acceptors (Lipinski definition) is 5. The van der Waals surface area contributed by atoms with Gasteiger partial charge < -0.3 is 9.47 Å². The van der Waals surface area contributed by atoms with Crippen LogP contribution in [0.25, 0.3) is 22.5 Å². The molecule has 6 heteroatoms. The van der Waals surface area contributed by atoms with Gasteiger partial charge in [-0.05, 0) is 55.3 Å². The summed E-state index contributed by atoms with van der Waals surface area (Å²) in [5.74, 6) is 1.51. The molecular formula is C31H45N3O2Si. The van der Waals surface area contributed by atoms with E-state index in [0.717, 1.165) is 47.7 Å². The molecule has 5 nitrogen and oxygen atoms in total. The van der Waals surface area contributed by atoms with Crippen LogP contribution in [0.5, 0.6) is 11.6 Å². The maximum Gasteiger partial charge on any atom is 0.233 e. The Bertz CT molecular complexity index is 979. The van der Waals surface area contributed by atoms with Crippen molar-refractivity contribution in [1.82, 2.24) is 15.2 Å². The Morgan fingerprint density at radius 1 is 0.595 bits per heavy atom. The molecule has 0 amide bonds. The first-order chi connectivity index (χ1) is 18.3. The molecule has 2 aromatic heterocycles. The van der Waals surface area contributed by atoms with E-state index in [1.54, 1.807) is 0 Å². The van der Waals surface area contributed by atoms with Gasteiger partial charge in [0.25, 0.3) is 0 Å². The predicted molar refractivity (Wildman–Crippen MR) is 157 cm³/mol. The van der Waals surface area contributed by atoms with Crippen LogP contribution >= 0.6 is 0 Å². The summed E-state index contributed by atoms with van der Waals surface area (Å²) in [5, 5.41) is 8.57. The van der Waals surface area contributed by atoms with Crippen LogP contribution < -0.4 is 9.47 Å². The van der Waals surface area contributed by atoms with Crippen molar-refractivity contribution >= 4 is 9.52 Å². The van der Waals surface area contributed by atoms with Crippen LogP contribution in [0.1, 0.15) is 78.1 Å². The molecule has 3 aromatic rings. The molecule has 0 saturated carbocycles. The molecular weight excluding hydrogens is 474 g/mol. The fourth-order valence-electron chi connectivity index (χ4n) is 4.30. The number of rotatable bonds is 19.